The van der Waals surface area contributed by atoms with Gasteiger partial charge < -0.3 is 10.2 Å². The first kappa shape index (κ1) is 18.8. The van der Waals surface area contributed by atoms with Gasteiger partial charge in [0.2, 0.25) is 5.78 Å². The maximum absolute atomic E-state index is 12.1. The Hall–Kier alpha value is -1.53. The Balaban J connectivity index is 0.00000100. The molecule has 3 rings (SSSR count). The summed E-state index contributed by atoms with van der Waals surface area (Å²) < 4.78 is 0. The Morgan fingerprint density at radius 1 is 1.25 bits per heavy atom. The molecule has 0 radical (unpaired) electrons. The number of carbonyl (C=O) groups is 1. The second kappa shape index (κ2) is 6.76. The fraction of sp³-hybridized carbons (Fsp3) is 0.667. The zero-order valence-corrected chi connectivity index (χ0v) is 15.5. The predicted molar refractivity (Wildman–Crippen MR) is 96.3 cm³/mol. The predicted octanol–water partition coefficient (Wildman–Crippen LogP) is 4.18. The van der Waals surface area contributed by atoms with Gasteiger partial charge in [-0.25, -0.2) is 0 Å². The molecule has 2 fully saturated rings. The molecule has 5 atom stereocenters. The average molecular weight is 330 g/mol. The van der Waals surface area contributed by atoms with E-state index in [2.05, 4.69) is 25.7 Å². The molecule has 0 spiro atoms. The molecule has 0 saturated heterocycles. The normalized spacial score (nSPS) is 40.6. The largest absolute Gasteiger partial charge is 0.504 e. The summed E-state index contributed by atoms with van der Waals surface area (Å²) in [7, 11) is 0. The molecule has 5 unspecified atom stereocenters. The van der Waals surface area contributed by atoms with Crippen molar-refractivity contribution in [1.29, 1.82) is 0 Å². The highest BCUT2D eigenvalue weighted by Gasteiger charge is 2.55. The van der Waals surface area contributed by atoms with E-state index < -0.39 is 5.41 Å². The zero-order valence-electron chi connectivity index (χ0n) is 15.5. The lowest BCUT2D eigenvalue weighted by Gasteiger charge is -2.56. The highest BCUT2D eigenvalue weighted by atomic mass is 16.3. The van der Waals surface area contributed by atoms with E-state index in [1.807, 2.05) is 13.8 Å². The standard InChI is InChI=1S/C19H24O3.C2H6/c1-4-7-19-9-5-13-12(2)14(20)6-8-18(13,3)17(19)10-15(21)16(22)11-19;1-2/h10-14,20,22H,5-6,8-9H2,1-3H3;1-2H3. The van der Waals surface area contributed by atoms with Crippen molar-refractivity contribution < 1.29 is 15.0 Å². The average Bonchev–Trinajstić information content (AvgIpc) is 2.56. The number of ketones is 1. The first-order valence-corrected chi connectivity index (χ1v) is 9.15. The Labute approximate surface area is 145 Å². The number of aliphatic hydroxyl groups excluding tert-OH is 2. The van der Waals surface area contributed by atoms with E-state index in [-0.39, 0.29) is 29.0 Å². The summed E-state index contributed by atoms with van der Waals surface area (Å²) in [4.78, 5) is 12.1. The minimum atomic E-state index is -0.514. The van der Waals surface area contributed by atoms with E-state index in [0.29, 0.717) is 5.92 Å². The van der Waals surface area contributed by atoms with Gasteiger partial charge in [-0.15, -0.1) is 5.92 Å². The summed E-state index contributed by atoms with van der Waals surface area (Å²) in [6, 6.07) is 0. The molecule has 0 bridgehead atoms. The molecule has 3 aliphatic rings. The second-order valence-electron chi connectivity index (χ2n) is 7.33. The van der Waals surface area contributed by atoms with Gasteiger partial charge in [0.1, 0.15) is 0 Å². The van der Waals surface area contributed by atoms with Gasteiger partial charge in [0.15, 0.2) is 5.76 Å². The third-order valence-electron chi connectivity index (χ3n) is 6.22. The molecular formula is C21H30O3. The van der Waals surface area contributed by atoms with E-state index in [1.165, 1.54) is 0 Å². The number of hydrogen-bond acceptors (Lipinski definition) is 3. The van der Waals surface area contributed by atoms with Crippen LogP contribution in [0.4, 0.5) is 0 Å². The van der Waals surface area contributed by atoms with Gasteiger partial charge in [0.05, 0.1) is 11.5 Å². The molecule has 2 N–H and O–H groups in total. The van der Waals surface area contributed by atoms with Crippen molar-refractivity contribution in [2.24, 2.45) is 22.7 Å². The molecule has 0 aromatic heterocycles. The molecule has 0 heterocycles. The Morgan fingerprint density at radius 2 is 1.92 bits per heavy atom. The van der Waals surface area contributed by atoms with Crippen LogP contribution in [0.2, 0.25) is 0 Å². The van der Waals surface area contributed by atoms with E-state index in [4.69, 9.17) is 0 Å². The molecule has 24 heavy (non-hydrogen) atoms. The van der Waals surface area contributed by atoms with E-state index >= 15 is 0 Å². The van der Waals surface area contributed by atoms with Gasteiger partial charge in [-0.2, -0.15) is 0 Å². The minimum absolute atomic E-state index is 0.131. The molecule has 0 aromatic carbocycles. The molecule has 0 aliphatic heterocycles. The molecule has 132 valence electrons. The monoisotopic (exact) mass is 330 g/mol. The number of aliphatic hydroxyl groups is 2. The highest BCUT2D eigenvalue weighted by Crippen LogP contribution is 2.62. The van der Waals surface area contributed by atoms with Crippen LogP contribution in [0.5, 0.6) is 0 Å². The maximum Gasteiger partial charge on any atom is 0.219 e. The van der Waals surface area contributed by atoms with Crippen molar-refractivity contribution in [1.82, 2.24) is 0 Å². The first-order chi connectivity index (χ1) is 11.3. The van der Waals surface area contributed by atoms with Crippen molar-refractivity contribution >= 4 is 5.78 Å². The van der Waals surface area contributed by atoms with Crippen molar-refractivity contribution in [2.75, 3.05) is 0 Å². The van der Waals surface area contributed by atoms with Crippen LogP contribution in [-0.4, -0.2) is 22.1 Å². The van der Waals surface area contributed by atoms with Crippen LogP contribution >= 0.6 is 0 Å². The molecule has 0 amide bonds. The molecule has 3 heteroatoms. The number of allylic oxidation sites excluding steroid dienone is 3. The second-order valence-corrected chi connectivity index (χ2v) is 7.33. The Bertz CT molecular complexity index is 633. The fourth-order valence-electron chi connectivity index (χ4n) is 5.03. The van der Waals surface area contributed by atoms with Crippen LogP contribution < -0.4 is 0 Å². The summed E-state index contributed by atoms with van der Waals surface area (Å²) in [6.07, 6.45) is 6.41. The zero-order chi connectivity index (χ0) is 18.1. The van der Waals surface area contributed by atoms with Crippen LogP contribution in [0.3, 0.4) is 0 Å². The third kappa shape index (κ3) is 2.71. The molecular weight excluding hydrogens is 300 g/mol. The third-order valence-corrected chi connectivity index (χ3v) is 6.22. The summed E-state index contributed by atoms with van der Waals surface area (Å²) >= 11 is 0. The lowest BCUT2D eigenvalue weighted by atomic mass is 9.47. The van der Waals surface area contributed by atoms with Crippen LogP contribution in [0.1, 0.15) is 60.3 Å². The summed E-state index contributed by atoms with van der Waals surface area (Å²) in [5.74, 6) is 6.34. The topological polar surface area (TPSA) is 57.5 Å². The molecule has 2 saturated carbocycles. The van der Waals surface area contributed by atoms with Crippen molar-refractivity contribution in [2.45, 2.75) is 66.4 Å². The van der Waals surface area contributed by atoms with Gasteiger partial charge in [-0.3, -0.25) is 4.79 Å². The lowest BCUT2D eigenvalue weighted by Crippen LogP contribution is -2.51. The van der Waals surface area contributed by atoms with Gasteiger partial charge in [0.25, 0.3) is 0 Å². The van der Waals surface area contributed by atoms with Gasteiger partial charge in [-0.05, 0) is 67.6 Å². The SMILES string of the molecule is CC.CC#CC12C=C(O)C(=O)C=C1C1(C)CCC(O)C(C)C1CC2. The smallest absolute Gasteiger partial charge is 0.219 e. The first-order valence-electron chi connectivity index (χ1n) is 9.15. The van der Waals surface area contributed by atoms with E-state index in [0.717, 1.165) is 31.3 Å². The minimum Gasteiger partial charge on any atom is -0.504 e. The summed E-state index contributed by atoms with van der Waals surface area (Å²) in [5.41, 5.74) is 0.403. The molecule has 0 aromatic rings. The lowest BCUT2D eigenvalue weighted by molar-refractivity contribution is -0.114. The van der Waals surface area contributed by atoms with Crippen molar-refractivity contribution in [3.8, 4) is 11.8 Å². The van der Waals surface area contributed by atoms with Gasteiger partial charge in [-0.1, -0.05) is 33.6 Å². The number of fused-ring (bicyclic) bond motifs is 3. The van der Waals surface area contributed by atoms with Crippen LogP contribution in [0.25, 0.3) is 0 Å². The Morgan fingerprint density at radius 3 is 2.54 bits per heavy atom. The van der Waals surface area contributed by atoms with Crippen LogP contribution in [0.15, 0.2) is 23.5 Å². The quantitative estimate of drug-likeness (QED) is 0.655. The Kier molecular flexibility index (Phi) is 5.30. The fourth-order valence-corrected chi connectivity index (χ4v) is 5.03. The van der Waals surface area contributed by atoms with Crippen molar-refractivity contribution in [3.63, 3.8) is 0 Å². The van der Waals surface area contributed by atoms with Gasteiger partial charge >= 0.3 is 0 Å². The molecule has 3 aliphatic carbocycles. The number of hydrogen-bond donors (Lipinski definition) is 2. The van der Waals surface area contributed by atoms with Gasteiger partial charge in [0, 0.05) is 0 Å². The van der Waals surface area contributed by atoms with Crippen LogP contribution in [0, 0.1) is 34.5 Å². The maximum atomic E-state index is 12.1. The van der Waals surface area contributed by atoms with Crippen molar-refractivity contribution in [3.05, 3.63) is 23.5 Å². The van der Waals surface area contributed by atoms with E-state index in [9.17, 15) is 15.0 Å². The van der Waals surface area contributed by atoms with E-state index in [1.54, 1.807) is 19.1 Å². The summed E-state index contributed by atoms with van der Waals surface area (Å²) in [5, 5.41) is 20.2. The number of rotatable bonds is 0. The number of carbonyl (C=O) groups excluding carboxylic acids is 1. The van der Waals surface area contributed by atoms with Crippen LogP contribution in [-0.2, 0) is 4.79 Å². The highest BCUT2D eigenvalue weighted by molar-refractivity contribution is 6.04. The summed E-state index contributed by atoms with van der Waals surface area (Å²) in [6.45, 7) is 10.1. The molecule has 3 nitrogen and oxygen atoms in total.